The van der Waals surface area contributed by atoms with Crippen molar-refractivity contribution in [3.63, 3.8) is 0 Å². The summed E-state index contributed by atoms with van der Waals surface area (Å²) < 4.78 is 16.3. The van der Waals surface area contributed by atoms with Crippen LogP contribution >= 0.6 is 0 Å². The van der Waals surface area contributed by atoms with Gasteiger partial charge in [0.1, 0.15) is 17.2 Å². The Kier molecular flexibility index (Phi) is 5.81. The average molecular weight is 357 g/mol. The SMILES string of the molecule is COc1cc(OC)c(-c2cnc(N[C@H]3CC[C@H](C)CC3)nc2)c(OC)c1. The zero-order valence-corrected chi connectivity index (χ0v) is 15.9. The molecule has 1 saturated carbocycles. The number of aromatic nitrogens is 2. The smallest absolute Gasteiger partial charge is 0.222 e. The first-order chi connectivity index (χ1) is 12.6. The van der Waals surface area contributed by atoms with Gasteiger partial charge in [-0.2, -0.15) is 0 Å². The maximum Gasteiger partial charge on any atom is 0.222 e. The Hall–Kier alpha value is -2.50. The van der Waals surface area contributed by atoms with Gasteiger partial charge in [0.2, 0.25) is 5.95 Å². The molecule has 0 saturated heterocycles. The summed E-state index contributed by atoms with van der Waals surface area (Å²) in [4.78, 5) is 8.99. The van der Waals surface area contributed by atoms with Crippen molar-refractivity contribution in [3.05, 3.63) is 24.5 Å². The monoisotopic (exact) mass is 357 g/mol. The number of nitrogens with one attached hydrogen (secondary N) is 1. The topological polar surface area (TPSA) is 65.5 Å². The lowest BCUT2D eigenvalue weighted by atomic mass is 9.87. The molecule has 0 spiro atoms. The molecule has 0 radical (unpaired) electrons. The molecule has 26 heavy (non-hydrogen) atoms. The molecule has 0 atom stereocenters. The van der Waals surface area contributed by atoms with E-state index in [9.17, 15) is 0 Å². The lowest BCUT2D eigenvalue weighted by molar-refractivity contribution is 0.360. The summed E-state index contributed by atoms with van der Waals surface area (Å²) in [5.74, 6) is 3.48. The fourth-order valence-electron chi connectivity index (χ4n) is 3.41. The summed E-state index contributed by atoms with van der Waals surface area (Å²) in [7, 11) is 4.86. The van der Waals surface area contributed by atoms with Crippen molar-refractivity contribution in [3.8, 4) is 28.4 Å². The molecule has 6 nitrogen and oxygen atoms in total. The van der Waals surface area contributed by atoms with Crippen LogP contribution in [0.15, 0.2) is 24.5 Å². The summed E-state index contributed by atoms with van der Waals surface area (Å²) in [5.41, 5.74) is 1.65. The Morgan fingerprint density at radius 2 is 1.46 bits per heavy atom. The van der Waals surface area contributed by atoms with E-state index in [4.69, 9.17) is 14.2 Å². The standard InChI is InChI=1S/C20H27N3O3/c1-13-5-7-15(8-6-13)23-20-21-11-14(12-22-20)19-17(25-3)9-16(24-2)10-18(19)26-4/h9-13,15H,5-8H2,1-4H3,(H,21,22,23)/t13-,15-. The number of benzene rings is 1. The number of hydrogen-bond donors (Lipinski definition) is 1. The normalized spacial score (nSPS) is 19.7. The molecule has 1 heterocycles. The van der Waals surface area contributed by atoms with E-state index in [1.165, 1.54) is 25.7 Å². The first kappa shape index (κ1) is 18.3. The highest BCUT2D eigenvalue weighted by Crippen LogP contribution is 2.41. The molecule has 0 aliphatic heterocycles. The van der Waals surface area contributed by atoms with Crippen molar-refractivity contribution in [1.82, 2.24) is 9.97 Å². The third-order valence-corrected chi connectivity index (χ3v) is 5.00. The summed E-state index contributed by atoms with van der Waals surface area (Å²) in [5, 5.41) is 3.45. The minimum Gasteiger partial charge on any atom is -0.496 e. The Morgan fingerprint density at radius 1 is 0.885 bits per heavy atom. The minimum absolute atomic E-state index is 0.460. The van der Waals surface area contributed by atoms with Crippen molar-refractivity contribution in [2.45, 2.75) is 38.6 Å². The van der Waals surface area contributed by atoms with Gasteiger partial charge in [0, 0.05) is 36.1 Å². The number of nitrogens with zero attached hydrogens (tertiary/aromatic N) is 2. The molecule has 6 heteroatoms. The average Bonchev–Trinajstić information content (AvgIpc) is 2.69. The first-order valence-corrected chi connectivity index (χ1v) is 9.03. The van der Waals surface area contributed by atoms with Crippen LogP contribution in [0.5, 0.6) is 17.2 Å². The molecule has 1 aromatic heterocycles. The lowest BCUT2D eigenvalue weighted by Gasteiger charge is -2.26. The van der Waals surface area contributed by atoms with Crippen LogP contribution in [-0.2, 0) is 0 Å². The Bertz CT molecular complexity index is 701. The van der Waals surface area contributed by atoms with Crippen molar-refractivity contribution in [2.75, 3.05) is 26.6 Å². The molecule has 1 aliphatic rings. The molecule has 1 aromatic carbocycles. The zero-order chi connectivity index (χ0) is 18.5. The molecule has 0 unspecified atom stereocenters. The van der Waals surface area contributed by atoms with E-state index in [0.717, 1.165) is 17.0 Å². The van der Waals surface area contributed by atoms with Crippen LogP contribution in [0.25, 0.3) is 11.1 Å². The molecule has 1 aliphatic carbocycles. The molecule has 0 amide bonds. The summed E-state index contributed by atoms with van der Waals surface area (Å²) in [6.07, 6.45) is 8.46. The summed E-state index contributed by atoms with van der Waals surface area (Å²) >= 11 is 0. The van der Waals surface area contributed by atoms with Gasteiger partial charge in [-0.3, -0.25) is 0 Å². The van der Waals surface area contributed by atoms with Gasteiger partial charge in [-0.15, -0.1) is 0 Å². The quantitative estimate of drug-likeness (QED) is 0.837. The highest BCUT2D eigenvalue weighted by Gasteiger charge is 2.19. The molecule has 1 fully saturated rings. The predicted molar refractivity (Wildman–Crippen MR) is 102 cm³/mol. The van der Waals surface area contributed by atoms with Crippen LogP contribution in [0.3, 0.4) is 0 Å². The fourth-order valence-corrected chi connectivity index (χ4v) is 3.41. The fraction of sp³-hybridized carbons (Fsp3) is 0.500. The summed E-state index contributed by atoms with van der Waals surface area (Å²) in [6.45, 7) is 2.32. The van der Waals surface area contributed by atoms with Gasteiger partial charge in [0.25, 0.3) is 0 Å². The highest BCUT2D eigenvalue weighted by molar-refractivity contribution is 5.77. The van der Waals surface area contributed by atoms with E-state index < -0.39 is 0 Å². The van der Waals surface area contributed by atoms with Gasteiger partial charge in [-0.05, 0) is 31.6 Å². The van der Waals surface area contributed by atoms with E-state index in [1.807, 2.05) is 12.1 Å². The van der Waals surface area contributed by atoms with Crippen molar-refractivity contribution in [2.24, 2.45) is 5.92 Å². The van der Waals surface area contributed by atoms with E-state index in [0.29, 0.717) is 29.2 Å². The van der Waals surface area contributed by atoms with Gasteiger partial charge in [0.15, 0.2) is 0 Å². The van der Waals surface area contributed by atoms with Gasteiger partial charge >= 0.3 is 0 Å². The van der Waals surface area contributed by atoms with Gasteiger partial charge in [0.05, 0.1) is 26.9 Å². The number of ether oxygens (including phenoxy) is 3. The molecule has 0 bridgehead atoms. The Balaban J connectivity index is 1.82. The number of anilines is 1. The third kappa shape index (κ3) is 4.00. The second-order valence-corrected chi connectivity index (χ2v) is 6.80. The van der Waals surface area contributed by atoms with Crippen LogP contribution in [0.1, 0.15) is 32.6 Å². The predicted octanol–water partition coefficient (Wildman–Crippen LogP) is 4.16. The molecular formula is C20H27N3O3. The highest BCUT2D eigenvalue weighted by atomic mass is 16.5. The molecule has 140 valence electrons. The van der Waals surface area contributed by atoms with Gasteiger partial charge in [-0.25, -0.2) is 9.97 Å². The zero-order valence-electron chi connectivity index (χ0n) is 15.9. The van der Waals surface area contributed by atoms with E-state index in [-0.39, 0.29) is 0 Å². The maximum atomic E-state index is 5.52. The minimum atomic E-state index is 0.460. The number of hydrogen-bond acceptors (Lipinski definition) is 6. The second kappa shape index (κ2) is 8.25. The van der Waals surface area contributed by atoms with E-state index in [2.05, 4.69) is 22.2 Å². The lowest BCUT2D eigenvalue weighted by Crippen LogP contribution is -2.26. The Labute approximate surface area is 154 Å². The molecule has 1 N–H and O–H groups in total. The Morgan fingerprint density at radius 3 is 1.96 bits per heavy atom. The van der Waals surface area contributed by atoms with Crippen molar-refractivity contribution in [1.29, 1.82) is 0 Å². The van der Waals surface area contributed by atoms with Crippen molar-refractivity contribution < 1.29 is 14.2 Å². The van der Waals surface area contributed by atoms with Gasteiger partial charge in [-0.1, -0.05) is 6.92 Å². The summed E-state index contributed by atoms with van der Waals surface area (Å²) in [6, 6.07) is 4.11. The number of methoxy groups -OCH3 is 3. The first-order valence-electron chi connectivity index (χ1n) is 9.03. The van der Waals surface area contributed by atoms with Gasteiger partial charge < -0.3 is 19.5 Å². The third-order valence-electron chi connectivity index (χ3n) is 5.00. The van der Waals surface area contributed by atoms with Crippen LogP contribution in [-0.4, -0.2) is 37.3 Å². The maximum absolute atomic E-state index is 5.52. The van der Waals surface area contributed by atoms with Crippen LogP contribution < -0.4 is 19.5 Å². The van der Waals surface area contributed by atoms with Crippen LogP contribution in [0.4, 0.5) is 5.95 Å². The van der Waals surface area contributed by atoms with Crippen molar-refractivity contribution >= 4 is 5.95 Å². The van der Waals surface area contributed by atoms with Crippen LogP contribution in [0, 0.1) is 5.92 Å². The van der Waals surface area contributed by atoms with E-state index in [1.54, 1.807) is 33.7 Å². The molecular weight excluding hydrogens is 330 g/mol. The second-order valence-electron chi connectivity index (χ2n) is 6.80. The van der Waals surface area contributed by atoms with Crippen LogP contribution in [0.2, 0.25) is 0 Å². The number of rotatable bonds is 6. The molecule has 2 aromatic rings. The van der Waals surface area contributed by atoms with E-state index >= 15 is 0 Å². The molecule has 3 rings (SSSR count). The largest absolute Gasteiger partial charge is 0.496 e.